The standard InChI is InChI=1S/C19H23ClN2O3S/c1-4-15-5-7-16(8-6-15)14(2)21-19(23)13-22(3)26(24,25)18-11-9-17(20)10-12-18/h5-12,14H,4,13H2,1-3H3,(H,21,23)/t14-/m1/s1. The van der Waals surface area contributed by atoms with E-state index in [2.05, 4.69) is 12.2 Å². The minimum atomic E-state index is -3.75. The smallest absolute Gasteiger partial charge is 0.243 e. The number of benzene rings is 2. The number of carbonyl (C=O) groups is 1. The normalized spacial score (nSPS) is 12.8. The monoisotopic (exact) mass is 394 g/mol. The number of amides is 1. The van der Waals surface area contributed by atoms with E-state index in [1.807, 2.05) is 31.2 Å². The highest BCUT2D eigenvalue weighted by Gasteiger charge is 2.23. The van der Waals surface area contributed by atoms with E-state index in [4.69, 9.17) is 11.6 Å². The van der Waals surface area contributed by atoms with Gasteiger partial charge in [0.15, 0.2) is 0 Å². The van der Waals surface area contributed by atoms with Crippen LogP contribution in [-0.4, -0.2) is 32.2 Å². The van der Waals surface area contributed by atoms with Crippen LogP contribution in [-0.2, 0) is 21.2 Å². The van der Waals surface area contributed by atoms with E-state index in [1.54, 1.807) is 0 Å². The minimum Gasteiger partial charge on any atom is -0.348 e. The van der Waals surface area contributed by atoms with E-state index in [0.717, 1.165) is 16.3 Å². The van der Waals surface area contributed by atoms with Gasteiger partial charge >= 0.3 is 0 Å². The van der Waals surface area contributed by atoms with Gasteiger partial charge in [-0.15, -0.1) is 0 Å². The predicted molar refractivity (Wildman–Crippen MR) is 104 cm³/mol. The Morgan fingerprint density at radius 2 is 1.69 bits per heavy atom. The van der Waals surface area contributed by atoms with Crippen LogP contribution in [0.1, 0.15) is 31.0 Å². The molecule has 0 bridgehead atoms. The molecule has 26 heavy (non-hydrogen) atoms. The Labute approximate surface area is 160 Å². The summed E-state index contributed by atoms with van der Waals surface area (Å²) in [6.07, 6.45) is 0.953. The summed E-state index contributed by atoms with van der Waals surface area (Å²) >= 11 is 5.79. The maximum Gasteiger partial charge on any atom is 0.243 e. The maximum atomic E-state index is 12.5. The summed E-state index contributed by atoms with van der Waals surface area (Å²) in [6, 6.07) is 13.6. The molecular formula is C19H23ClN2O3S. The van der Waals surface area contributed by atoms with Gasteiger partial charge in [-0.05, 0) is 48.7 Å². The fourth-order valence-corrected chi connectivity index (χ4v) is 3.74. The van der Waals surface area contributed by atoms with Crippen molar-refractivity contribution in [3.05, 3.63) is 64.7 Å². The van der Waals surface area contributed by atoms with Crippen LogP contribution in [0.15, 0.2) is 53.4 Å². The van der Waals surface area contributed by atoms with Crippen LogP contribution >= 0.6 is 11.6 Å². The van der Waals surface area contributed by atoms with Crippen LogP contribution in [0.4, 0.5) is 0 Å². The molecule has 0 saturated heterocycles. The lowest BCUT2D eigenvalue weighted by Gasteiger charge is -2.19. The molecule has 0 radical (unpaired) electrons. The number of rotatable bonds is 7. The van der Waals surface area contributed by atoms with Crippen LogP contribution in [0.5, 0.6) is 0 Å². The Bertz CT molecular complexity index is 849. The number of sulfonamides is 1. The number of aryl methyl sites for hydroxylation is 1. The second-order valence-electron chi connectivity index (χ2n) is 6.10. The van der Waals surface area contributed by atoms with E-state index in [0.29, 0.717) is 5.02 Å². The molecule has 0 saturated carbocycles. The van der Waals surface area contributed by atoms with Crippen molar-refractivity contribution in [2.45, 2.75) is 31.2 Å². The van der Waals surface area contributed by atoms with Crippen LogP contribution < -0.4 is 5.32 Å². The molecule has 5 nitrogen and oxygen atoms in total. The molecular weight excluding hydrogens is 372 g/mol. The second kappa shape index (κ2) is 8.66. The summed E-state index contributed by atoms with van der Waals surface area (Å²) in [5, 5.41) is 3.28. The average Bonchev–Trinajstić information content (AvgIpc) is 2.61. The molecule has 0 spiro atoms. The zero-order valence-electron chi connectivity index (χ0n) is 15.1. The van der Waals surface area contributed by atoms with Gasteiger partial charge in [0.1, 0.15) is 0 Å². The van der Waals surface area contributed by atoms with Crippen LogP contribution in [0.25, 0.3) is 0 Å². The Morgan fingerprint density at radius 3 is 2.23 bits per heavy atom. The van der Waals surface area contributed by atoms with Gasteiger partial charge in [0, 0.05) is 12.1 Å². The van der Waals surface area contributed by atoms with Crippen molar-refractivity contribution < 1.29 is 13.2 Å². The van der Waals surface area contributed by atoms with E-state index < -0.39 is 10.0 Å². The number of likely N-dealkylation sites (N-methyl/N-ethyl adjacent to an activating group) is 1. The van der Waals surface area contributed by atoms with Crippen molar-refractivity contribution in [2.24, 2.45) is 0 Å². The van der Waals surface area contributed by atoms with Crippen molar-refractivity contribution in [1.29, 1.82) is 0 Å². The lowest BCUT2D eigenvalue weighted by Crippen LogP contribution is -2.39. The minimum absolute atomic E-state index is 0.0976. The first kappa shape index (κ1) is 20.4. The fourth-order valence-electron chi connectivity index (χ4n) is 2.49. The maximum absolute atomic E-state index is 12.5. The van der Waals surface area contributed by atoms with Gasteiger partial charge in [0.2, 0.25) is 15.9 Å². The first-order valence-corrected chi connectivity index (χ1v) is 10.2. The van der Waals surface area contributed by atoms with Crippen molar-refractivity contribution in [3.8, 4) is 0 Å². The molecule has 2 rings (SSSR count). The van der Waals surface area contributed by atoms with Gasteiger partial charge in [-0.3, -0.25) is 4.79 Å². The average molecular weight is 395 g/mol. The van der Waals surface area contributed by atoms with Gasteiger partial charge in [0.05, 0.1) is 17.5 Å². The first-order valence-electron chi connectivity index (χ1n) is 8.34. The summed E-state index contributed by atoms with van der Waals surface area (Å²) in [6.45, 7) is 3.69. The second-order valence-corrected chi connectivity index (χ2v) is 8.58. The number of halogens is 1. The molecule has 7 heteroatoms. The summed E-state index contributed by atoms with van der Waals surface area (Å²) in [5.41, 5.74) is 2.19. The van der Waals surface area contributed by atoms with Crippen molar-refractivity contribution in [3.63, 3.8) is 0 Å². The van der Waals surface area contributed by atoms with Crippen molar-refractivity contribution >= 4 is 27.5 Å². The number of carbonyl (C=O) groups excluding carboxylic acids is 1. The van der Waals surface area contributed by atoms with E-state index in [1.165, 1.54) is 36.9 Å². The summed E-state index contributed by atoms with van der Waals surface area (Å²) in [4.78, 5) is 12.4. The molecule has 0 aliphatic heterocycles. The highest BCUT2D eigenvalue weighted by Crippen LogP contribution is 2.18. The Morgan fingerprint density at radius 1 is 1.12 bits per heavy atom. The fraction of sp³-hybridized carbons (Fsp3) is 0.316. The zero-order valence-corrected chi connectivity index (χ0v) is 16.6. The van der Waals surface area contributed by atoms with Gasteiger partial charge < -0.3 is 5.32 Å². The molecule has 0 aliphatic carbocycles. The Hall–Kier alpha value is -1.89. The van der Waals surface area contributed by atoms with E-state index >= 15 is 0 Å². The Balaban J connectivity index is 2.00. The van der Waals surface area contributed by atoms with Crippen LogP contribution in [0.3, 0.4) is 0 Å². The molecule has 1 atom stereocenters. The molecule has 1 N–H and O–H groups in total. The van der Waals surface area contributed by atoms with Gasteiger partial charge in [-0.1, -0.05) is 42.8 Å². The highest BCUT2D eigenvalue weighted by molar-refractivity contribution is 7.89. The lowest BCUT2D eigenvalue weighted by molar-refractivity contribution is -0.121. The predicted octanol–water partition coefficient (Wildman–Crippen LogP) is 3.40. The third-order valence-electron chi connectivity index (χ3n) is 4.15. The highest BCUT2D eigenvalue weighted by atomic mass is 35.5. The van der Waals surface area contributed by atoms with Crippen LogP contribution in [0, 0.1) is 0 Å². The van der Waals surface area contributed by atoms with E-state index in [-0.39, 0.29) is 23.4 Å². The van der Waals surface area contributed by atoms with Crippen molar-refractivity contribution in [1.82, 2.24) is 9.62 Å². The molecule has 140 valence electrons. The summed E-state index contributed by atoms with van der Waals surface area (Å²) in [5.74, 6) is -0.364. The third-order valence-corrected chi connectivity index (χ3v) is 6.22. The number of hydrogen-bond acceptors (Lipinski definition) is 3. The van der Waals surface area contributed by atoms with Gasteiger partial charge in [-0.2, -0.15) is 4.31 Å². The van der Waals surface area contributed by atoms with E-state index in [9.17, 15) is 13.2 Å². The molecule has 0 heterocycles. The SMILES string of the molecule is CCc1ccc([C@@H](C)NC(=O)CN(C)S(=O)(=O)c2ccc(Cl)cc2)cc1. The molecule has 0 unspecified atom stereocenters. The number of hydrogen-bond donors (Lipinski definition) is 1. The van der Waals surface area contributed by atoms with Gasteiger partial charge in [0.25, 0.3) is 0 Å². The first-order chi connectivity index (χ1) is 12.2. The molecule has 1 amide bonds. The third kappa shape index (κ3) is 5.06. The zero-order chi connectivity index (χ0) is 19.3. The summed E-state index contributed by atoms with van der Waals surface area (Å²) < 4.78 is 26.0. The molecule has 2 aromatic carbocycles. The number of nitrogens with zero attached hydrogens (tertiary/aromatic N) is 1. The lowest BCUT2D eigenvalue weighted by atomic mass is 10.1. The molecule has 0 fully saturated rings. The topological polar surface area (TPSA) is 66.5 Å². The number of nitrogens with one attached hydrogen (secondary N) is 1. The van der Waals surface area contributed by atoms with Crippen LogP contribution in [0.2, 0.25) is 5.02 Å². The molecule has 2 aromatic rings. The molecule has 0 aliphatic rings. The van der Waals surface area contributed by atoms with Crippen molar-refractivity contribution in [2.75, 3.05) is 13.6 Å². The summed E-state index contributed by atoms with van der Waals surface area (Å²) in [7, 11) is -2.37. The quantitative estimate of drug-likeness (QED) is 0.782. The molecule has 0 aromatic heterocycles. The Kier molecular flexibility index (Phi) is 6.81. The van der Waals surface area contributed by atoms with Gasteiger partial charge in [-0.25, -0.2) is 8.42 Å². The largest absolute Gasteiger partial charge is 0.348 e.